The zero-order valence-electron chi connectivity index (χ0n) is 13.6. The van der Waals surface area contributed by atoms with E-state index in [1.807, 2.05) is 0 Å². The van der Waals surface area contributed by atoms with Crippen LogP contribution in [0.15, 0.2) is 10.7 Å². The van der Waals surface area contributed by atoms with Crippen LogP contribution < -0.4 is 5.32 Å². The summed E-state index contributed by atoms with van der Waals surface area (Å²) in [7, 11) is 0. The molecule has 1 atom stereocenters. The number of aromatic nitrogens is 1. The number of carbonyl (C=O) groups excluding carboxylic acids is 1. The van der Waals surface area contributed by atoms with Crippen molar-refractivity contribution in [2.45, 2.75) is 57.5 Å². The molecule has 1 amide bonds. The molecule has 122 valence electrons. The van der Waals surface area contributed by atoms with E-state index in [1.165, 1.54) is 0 Å². The molecule has 6 heteroatoms. The first-order valence-corrected chi connectivity index (χ1v) is 8.05. The maximum Gasteiger partial charge on any atom is 0.301 e. The van der Waals surface area contributed by atoms with E-state index in [4.69, 9.17) is 9.15 Å². The number of hydrogen-bond acceptors (Lipinski definition) is 5. The quantitative estimate of drug-likeness (QED) is 0.927. The van der Waals surface area contributed by atoms with Crippen LogP contribution in [0.1, 0.15) is 45.7 Å². The SMILES string of the molecule is CC(C)(C)c1coc(NC(=O)[C@@H]2CCN2C2CCOCC2)n1. The second-order valence-corrected chi connectivity index (χ2v) is 7.16. The van der Waals surface area contributed by atoms with E-state index in [1.54, 1.807) is 6.26 Å². The number of rotatable bonds is 3. The smallest absolute Gasteiger partial charge is 0.301 e. The van der Waals surface area contributed by atoms with Crippen molar-refractivity contribution in [1.82, 2.24) is 9.88 Å². The molecule has 2 aliphatic rings. The Labute approximate surface area is 131 Å². The summed E-state index contributed by atoms with van der Waals surface area (Å²) < 4.78 is 10.8. The zero-order valence-corrected chi connectivity index (χ0v) is 13.6. The molecule has 0 radical (unpaired) electrons. The Balaban J connectivity index is 1.58. The van der Waals surface area contributed by atoms with Crippen LogP contribution in [0.5, 0.6) is 0 Å². The molecular formula is C16H25N3O3. The minimum Gasteiger partial charge on any atom is -0.432 e. The van der Waals surface area contributed by atoms with Gasteiger partial charge in [0.05, 0.1) is 11.7 Å². The van der Waals surface area contributed by atoms with Gasteiger partial charge < -0.3 is 9.15 Å². The van der Waals surface area contributed by atoms with Crippen molar-refractivity contribution in [3.63, 3.8) is 0 Å². The van der Waals surface area contributed by atoms with Gasteiger partial charge in [0, 0.05) is 31.2 Å². The summed E-state index contributed by atoms with van der Waals surface area (Å²) >= 11 is 0. The molecule has 3 heterocycles. The molecule has 2 aliphatic heterocycles. The van der Waals surface area contributed by atoms with Crippen LogP contribution in [-0.4, -0.2) is 47.6 Å². The lowest BCUT2D eigenvalue weighted by molar-refractivity contribution is -0.129. The Bertz CT molecular complexity index is 529. The summed E-state index contributed by atoms with van der Waals surface area (Å²) in [6.07, 6.45) is 4.54. The number of amides is 1. The van der Waals surface area contributed by atoms with Gasteiger partial charge in [0.1, 0.15) is 6.26 Å². The van der Waals surface area contributed by atoms with Crippen LogP contribution in [0.3, 0.4) is 0 Å². The summed E-state index contributed by atoms with van der Waals surface area (Å²) in [5.74, 6) is -0.0138. The molecule has 0 spiro atoms. The molecule has 0 saturated carbocycles. The number of oxazole rings is 1. The third-order valence-electron chi connectivity index (χ3n) is 4.53. The van der Waals surface area contributed by atoms with Crippen molar-refractivity contribution in [2.75, 3.05) is 25.1 Å². The molecule has 0 aliphatic carbocycles. The second-order valence-electron chi connectivity index (χ2n) is 7.16. The fraction of sp³-hybridized carbons (Fsp3) is 0.750. The van der Waals surface area contributed by atoms with Gasteiger partial charge in [-0.15, -0.1) is 0 Å². The van der Waals surface area contributed by atoms with Gasteiger partial charge >= 0.3 is 6.01 Å². The Morgan fingerprint density at radius 1 is 1.32 bits per heavy atom. The normalized spacial score (nSPS) is 24.0. The Hall–Kier alpha value is -1.40. The average Bonchev–Trinajstić information content (AvgIpc) is 2.87. The number of likely N-dealkylation sites (tertiary alicyclic amines) is 1. The highest BCUT2D eigenvalue weighted by Crippen LogP contribution is 2.28. The number of carbonyl (C=O) groups is 1. The predicted molar refractivity (Wildman–Crippen MR) is 82.8 cm³/mol. The topological polar surface area (TPSA) is 67.6 Å². The lowest BCUT2D eigenvalue weighted by atomic mass is 9.93. The van der Waals surface area contributed by atoms with Gasteiger partial charge in [-0.1, -0.05) is 20.8 Å². The molecule has 0 unspecified atom stereocenters. The summed E-state index contributed by atoms with van der Waals surface area (Å²) in [6.45, 7) is 8.77. The largest absolute Gasteiger partial charge is 0.432 e. The van der Waals surface area contributed by atoms with E-state index in [9.17, 15) is 4.79 Å². The second kappa shape index (κ2) is 6.01. The Morgan fingerprint density at radius 2 is 2.05 bits per heavy atom. The van der Waals surface area contributed by atoms with Gasteiger partial charge in [-0.3, -0.25) is 15.0 Å². The summed E-state index contributed by atoms with van der Waals surface area (Å²) in [4.78, 5) is 19.1. The summed E-state index contributed by atoms with van der Waals surface area (Å²) in [5.41, 5.74) is 0.759. The molecule has 22 heavy (non-hydrogen) atoms. The van der Waals surface area contributed by atoms with E-state index >= 15 is 0 Å². The Kier molecular flexibility index (Phi) is 4.23. The zero-order chi connectivity index (χ0) is 15.7. The molecule has 2 saturated heterocycles. The maximum atomic E-state index is 12.4. The minimum atomic E-state index is -0.0862. The van der Waals surface area contributed by atoms with Crippen LogP contribution >= 0.6 is 0 Å². The molecule has 3 rings (SSSR count). The van der Waals surface area contributed by atoms with Crippen LogP contribution in [0.4, 0.5) is 6.01 Å². The highest BCUT2D eigenvalue weighted by atomic mass is 16.5. The first-order chi connectivity index (χ1) is 10.4. The van der Waals surface area contributed by atoms with Crippen LogP contribution in [0.2, 0.25) is 0 Å². The first kappa shape index (κ1) is 15.5. The van der Waals surface area contributed by atoms with Crippen LogP contribution in [-0.2, 0) is 14.9 Å². The fourth-order valence-corrected chi connectivity index (χ4v) is 3.01. The molecule has 0 aromatic carbocycles. The number of nitrogens with one attached hydrogen (secondary N) is 1. The standard InChI is InChI=1S/C16H25N3O3/c1-16(2,3)13-10-22-15(17-13)18-14(20)12-4-7-19(12)11-5-8-21-9-6-11/h10-12H,4-9H2,1-3H3,(H,17,18,20)/t12-/m0/s1. The first-order valence-electron chi connectivity index (χ1n) is 8.05. The monoisotopic (exact) mass is 307 g/mol. The van der Waals surface area contributed by atoms with Crippen LogP contribution in [0, 0.1) is 0 Å². The lowest BCUT2D eigenvalue weighted by Crippen LogP contribution is -2.59. The van der Waals surface area contributed by atoms with Gasteiger partial charge in [0.2, 0.25) is 5.91 Å². The van der Waals surface area contributed by atoms with Crippen molar-refractivity contribution >= 4 is 11.9 Å². The van der Waals surface area contributed by atoms with Gasteiger partial charge in [0.25, 0.3) is 0 Å². The Morgan fingerprint density at radius 3 is 2.59 bits per heavy atom. The number of anilines is 1. The van der Waals surface area contributed by atoms with Gasteiger partial charge in [-0.05, 0) is 19.3 Å². The van der Waals surface area contributed by atoms with Gasteiger partial charge in [-0.2, -0.15) is 4.98 Å². The minimum absolute atomic E-state index is 0.0138. The highest BCUT2D eigenvalue weighted by molar-refractivity contribution is 5.93. The fourth-order valence-electron chi connectivity index (χ4n) is 3.01. The third kappa shape index (κ3) is 3.17. The maximum absolute atomic E-state index is 12.4. The van der Waals surface area contributed by atoms with Crippen molar-refractivity contribution in [3.05, 3.63) is 12.0 Å². The molecule has 1 aromatic heterocycles. The van der Waals surface area contributed by atoms with E-state index < -0.39 is 0 Å². The number of hydrogen-bond donors (Lipinski definition) is 1. The highest BCUT2D eigenvalue weighted by Gasteiger charge is 2.39. The van der Waals surface area contributed by atoms with Gasteiger partial charge in [0.15, 0.2) is 0 Å². The average molecular weight is 307 g/mol. The molecular weight excluding hydrogens is 282 g/mol. The van der Waals surface area contributed by atoms with Crippen molar-refractivity contribution in [3.8, 4) is 0 Å². The van der Waals surface area contributed by atoms with Crippen LogP contribution in [0.25, 0.3) is 0 Å². The molecule has 1 N–H and O–H groups in total. The van der Waals surface area contributed by atoms with E-state index in [-0.39, 0.29) is 17.4 Å². The van der Waals surface area contributed by atoms with Crippen molar-refractivity contribution < 1.29 is 13.9 Å². The number of nitrogens with zero attached hydrogens (tertiary/aromatic N) is 2. The van der Waals surface area contributed by atoms with E-state index in [0.717, 1.165) is 44.7 Å². The summed E-state index contributed by atoms with van der Waals surface area (Å²) in [6, 6.07) is 0.704. The third-order valence-corrected chi connectivity index (χ3v) is 4.53. The molecule has 6 nitrogen and oxygen atoms in total. The summed E-state index contributed by atoms with van der Waals surface area (Å²) in [5, 5.41) is 2.82. The molecule has 2 fully saturated rings. The molecule has 0 bridgehead atoms. The predicted octanol–water partition coefficient (Wildman–Crippen LogP) is 2.16. The van der Waals surface area contributed by atoms with Crippen molar-refractivity contribution in [1.29, 1.82) is 0 Å². The van der Waals surface area contributed by atoms with E-state index in [2.05, 4.69) is 36.0 Å². The molecule has 1 aromatic rings. The lowest BCUT2D eigenvalue weighted by Gasteiger charge is -2.46. The van der Waals surface area contributed by atoms with Gasteiger partial charge in [-0.25, -0.2) is 0 Å². The van der Waals surface area contributed by atoms with Crippen molar-refractivity contribution in [2.24, 2.45) is 0 Å². The number of ether oxygens (including phenoxy) is 1. The van der Waals surface area contributed by atoms with E-state index in [0.29, 0.717) is 12.1 Å².